The van der Waals surface area contributed by atoms with E-state index < -0.39 is 22.5 Å². The fourth-order valence-corrected chi connectivity index (χ4v) is 2.19. The van der Waals surface area contributed by atoms with Crippen LogP contribution in [0.1, 0.15) is 25.0 Å². The highest BCUT2D eigenvalue weighted by Gasteiger charge is 2.33. The van der Waals surface area contributed by atoms with Gasteiger partial charge in [0, 0.05) is 4.90 Å². The van der Waals surface area contributed by atoms with Gasteiger partial charge in [-0.25, -0.2) is 0 Å². The topological polar surface area (TPSA) is 61.1 Å². The number of hydrogen-bond acceptors (Lipinski definition) is 3. The summed E-state index contributed by atoms with van der Waals surface area (Å²) in [4.78, 5) is 11.2. The molecule has 1 aromatic rings. The van der Waals surface area contributed by atoms with Crippen LogP contribution in [-0.4, -0.2) is 15.8 Å². The zero-order valence-electron chi connectivity index (χ0n) is 10.1. The predicted octanol–water partition coefficient (Wildman–Crippen LogP) is 3.53. The summed E-state index contributed by atoms with van der Waals surface area (Å²) in [7, 11) is 0. The van der Waals surface area contributed by atoms with Crippen molar-refractivity contribution in [3.8, 4) is 6.07 Å². The maximum absolute atomic E-state index is 12.5. The molecule has 102 valence electrons. The molecule has 0 aromatic heterocycles. The molecule has 7 heteroatoms. The largest absolute Gasteiger partial charge is 0.480 e. The lowest BCUT2D eigenvalue weighted by Gasteiger charge is -2.19. The van der Waals surface area contributed by atoms with Crippen LogP contribution in [0.5, 0.6) is 0 Å². The minimum absolute atomic E-state index is 0.186. The molecule has 0 atom stereocenters. The number of thioether (sulfide) groups is 1. The van der Waals surface area contributed by atoms with Crippen molar-refractivity contribution >= 4 is 17.7 Å². The SMILES string of the molecule is CC(C)(Sc1ccc(C(F)(F)F)cc1C#N)C(=O)O. The highest BCUT2D eigenvalue weighted by atomic mass is 32.2. The first-order chi connectivity index (χ1) is 8.58. The smallest absolute Gasteiger partial charge is 0.416 e. The first-order valence-corrected chi connectivity index (χ1v) is 5.93. The Morgan fingerprint density at radius 1 is 1.37 bits per heavy atom. The van der Waals surface area contributed by atoms with Crippen LogP contribution in [0.2, 0.25) is 0 Å². The number of nitriles is 1. The van der Waals surface area contributed by atoms with Crippen LogP contribution in [0.25, 0.3) is 0 Å². The standard InChI is InChI=1S/C12H10F3NO2S/c1-11(2,10(17)18)19-9-4-3-8(12(13,14)15)5-7(9)6-16/h3-5H,1-2H3,(H,17,18). The summed E-state index contributed by atoms with van der Waals surface area (Å²) < 4.78 is 36.2. The van der Waals surface area contributed by atoms with E-state index in [4.69, 9.17) is 10.4 Å². The van der Waals surface area contributed by atoms with Gasteiger partial charge in [-0.05, 0) is 32.0 Å². The lowest BCUT2D eigenvalue weighted by atomic mass is 10.1. The molecule has 0 bridgehead atoms. The maximum atomic E-state index is 12.5. The van der Waals surface area contributed by atoms with Crippen molar-refractivity contribution in [2.45, 2.75) is 29.7 Å². The molecule has 0 unspecified atom stereocenters. The summed E-state index contributed by atoms with van der Waals surface area (Å²) >= 11 is 0.835. The van der Waals surface area contributed by atoms with E-state index in [2.05, 4.69) is 0 Å². The van der Waals surface area contributed by atoms with Crippen molar-refractivity contribution < 1.29 is 23.1 Å². The van der Waals surface area contributed by atoms with Crippen molar-refractivity contribution in [1.29, 1.82) is 5.26 Å². The second kappa shape index (κ2) is 5.13. The summed E-state index contributed by atoms with van der Waals surface area (Å²) in [6.45, 7) is 2.83. The maximum Gasteiger partial charge on any atom is 0.416 e. The van der Waals surface area contributed by atoms with Gasteiger partial charge >= 0.3 is 12.1 Å². The molecule has 0 radical (unpaired) electrons. The van der Waals surface area contributed by atoms with Gasteiger partial charge in [0.05, 0.1) is 11.1 Å². The van der Waals surface area contributed by atoms with Crippen molar-refractivity contribution in [2.24, 2.45) is 0 Å². The molecule has 0 aliphatic rings. The molecule has 0 saturated carbocycles. The van der Waals surface area contributed by atoms with Crippen LogP contribution in [0.15, 0.2) is 23.1 Å². The Kier molecular flexibility index (Phi) is 4.15. The highest BCUT2D eigenvalue weighted by Crippen LogP contribution is 2.37. The Morgan fingerprint density at radius 3 is 2.37 bits per heavy atom. The molecule has 0 fully saturated rings. The van der Waals surface area contributed by atoms with Crippen LogP contribution in [-0.2, 0) is 11.0 Å². The zero-order chi connectivity index (χ0) is 14.8. The summed E-state index contributed by atoms with van der Waals surface area (Å²) in [5.74, 6) is -1.11. The van der Waals surface area contributed by atoms with E-state index in [1.165, 1.54) is 13.8 Å². The number of carbonyl (C=O) groups is 1. The number of aliphatic carboxylic acids is 1. The van der Waals surface area contributed by atoms with Gasteiger partial charge < -0.3 is 5.11 Å². The molecule has 0 amide bonds. The number of carboxylic acids is 1. The second-order valence-corrected chi connectivity index (χ2v) is 5.90. The van der Waals surface area contributed by atoms with Gasteiger partial charge in [-0.15, -0.1) is 11.8 Å². The molecule has 0 heterocycles. The molecule has 1 N–H and O–H groups in total. The zero-order valence-corrected chi connectivity index (χ0v) is 10.9. The fraction of sp³-hybridized carbons (Fsp3) is 0.333. The van der Waals surface area contributed by atoms with Gasteiger partial charge in [0.25, 0.3) is 0 Å². The average Bonchev–Trinajstić information content (AvgIpc) is 2.27. The summed E-state index contributed by atoms with van der Waals surface area (Å²) in [6.07, 6.45) is -4.53. The summed E-state index contributed by atoms with van der Waals surface area (Å²) in [5, 5.41) is 17.8. The molecular formula is C12H10F3NO2S. The Morgan fingerprint density at radius 2 is 1.95 bits per heavy atom. The fourth-order valence-electron chi connectivity index (χ4n) is 1.20. The number of carboxylic acid groups (broad SMARTS) is 1. The van der Waals surface area contributed by atoms with Crippen molar-refractivity contribution in [1.82, 2.24) is 0 Å². The van der Waals surface area contributed by atoms with E-state index in [0.717, 1.165) is 30.0 Å². The molecule has 0 spiro atoms. The van der Waals surface area contributed by atoms with Crippen LogP contribution in [0.4, 0.5) is 13.2 Å². The molecule has 0 aliphatic heterocycles. The van der Waals surface area contributed by atoms with Crippen LogP contribution >= 0.6 is 11.8 Å². The van der Waals surface area contributed by atoms with Crippen LogP contribution in [0.3, 0.4) is 0 Å². The van der Waals surface area contributed by atoms with Gasteiger partial charge in [0.15, 0.2) is 0 Å². The van der Waals surface area contributed by atoms with Crippen LogP contribution in [0, 0.1) is 11.3 Å². The van der Waals surface area contributed by atoms with Gasteiger partial charge in [-0.2, -0.15) is 18.4 Å². The molecule has 1 aromatic carbocycles. The third kappa shape index (κ3) is 3.64. The lowest BCUT2D eigenvalue weighted by Crippen LogP contribution is -2.27. The van der Waals surface area contributed by atoms with Gasteiger partial charge in [-0.1, -0.05) is 0 Å². The average molecular weight is 289 g/mol. The van der Waals surface area contributed by atoms with Crippen molar-refractivity contribution in [3.63, 3.8) is 0 Å². The Labute approximate surface area is 112 Å². The monoisotopic (exact) mass is 289 g/mol. The number of halogens is 3. The number of hydrogen-bond donors (Lipinski definition) is 1. The molecular weight excluding hydrogens is 279 g/mol. The number of nitrogens with zero attached hydrogens (tertiary/aromatic N) is 1. The number of rotatable bonds is 3. The third-order valence-electron chi connectivity index (χ3n) is 2.31. The lowest BCUT2D eigenvalue weighted by molar-refractivity contribution is -0.139. The molecule has 1 rings (SSSR count). The minimum Gasteiger partial charge on any atom is -0.480 e. The Hall–Kier alpha value is -1.68. The molecule has 3 nitrogen and oxygen atoms in total. The van der Waals surface area contributed by atoms with Gasteiger partial charge in [-0.3, -0.25) is 4.79 Å². The molecule has 0 saturated heterocycles. The highest BCUT2D eigenvalue weighted by molar-refractivity contribution is 8.01. The van der Waals surface area contributed by atoms with E-state index in [1.54, 1.807) is 6.07 Å². The van der Waals surface area contributed by atoms with Gasteiger partial charge in [0.1, 0.15) is 10.8 Å². The van der Waals surface area contributed by atoms with E-state index in [-0.39, 0.29) is 10.5 Å². The quantitative estimate of drug-likeness (QED) is 0.865. The minimum atomic E-state index is -4.53. The number of alkyl halides is 3. The van der Waals surface area contributed by atoms with E-state index in [1.807, 2.05) is 0 Å². The predicted molar refractivity (Wildman–Crippen MR) is 63.7 cm³/mol. The van der Waals surface area contributed by atoms with E-state index in [9.17, 15) is 18.0 Å². The first kappa shape index (κ1) is 15.4. The third-order valence-corrected chi connectivity index (χ3v) is 3.57. The second-order valence-electron chi connectivity index (χ2n) is 4.24. The normalized spacial score (nSPS) is 12.0. The summed E-state index contributed by atoms with van der Waals surface area (Å²) in [5.41, 5.74) is -1.12. The first-order valence-electron chi connectivity index (χ1n) is 5.11. The van der Waals surface area contributed by atoms with Crippen LogP contribution < -0.4 is 0 Å². The summed E-state index contributed by atoms with van der Waals surface area (Å²) in [6, 6.07) is 4.33. The molecule has 0 aliphatic carbocycles. The van der Waals surface area contributed by atoms with Crippen molar-refractivity contribution in [3.05, 3.63) is 29.3 Å². The van der Waals surface area contributed by atoms with Crippen molar-refractivity contribution in [2.75, 3.05) is 0 Å². The van der Waals surface area contributed by atoms with E-state index >= 15 is 0 Å². The van der Waals surface area contributed by atoms with E-state index in [0.29, 0.717) is 0 Å². The molecule has 19 heavy (non-hydrogen) atoms. The Bertz CT molecular complexity index is 547. The number of benzene rings is 1. The van der Waals surface area contributed by atoms with Gasteiger partial charge in [0.2, 0.25) is 0 Å². The Balaban J connectivity index is 3.19.